The van der Waals surface area contributed by atoms with Crippen LogP contribution in [0.2, 0.25) is 0 Å². The van der Waals surface area contributed by atoms with Crippen LogP contribution in [0, 0.1) is 22.7 Å². The lowest BCUT2D eigenvalue weighted by Crippen LogP contribution is -1.93. The number of hydrogen-bond donors (Lipinski definition) is 0. The maximum atomic E-state index is 10.0. The fourth-order valence-corrected chi connectivity index (χ4v) is 18.2. The molecule has 5 heteroatoms. The van der Waals surface area contributed by atoms with Gasteiger partial charge in [0, 0.05) is 61.0 Å². The lowest BCUT2D eigenvalue weighted by molar-refractivity contribution is 1.18. The van der Waals surface area contributed by atoms with E-state index >= 15 is 0 Å². The van der Waals surface area contributed by atoms with Crippen molar-refractivity contribution in [2.75, 3.05) is 0 Å². The maximum Gasteiger partial charge on any atom is 0.0998 e. The summed E-state index contributed by atoms with van der Waals surface area (Å²) in [7, 11) is 0. The summed E-state index contributed by atoms with van der Waals surface area (Å²) < 4.78 is 4.64. The van der Waals surface area contributed by atoms with Gasteiger partial charge in [0.2, 0.25) is 0 Å². The minimum atomic E-state index is 0.685. The van der Waals surface area contributed by atoms with Gasteiger partial charge < -0.3 is 9.13 Å². The van der Waals surface area contributed by atoms with Crippen LogP contribution < -0.4 is 0 Å². The number of aromatic nitrogens is 3. The first-order chi connectivity index (χ1) is 53.5. The Labute approximate surface area is 620 Å². The molecule has 23 aromatic rings. The van der Waals surface area contributed by atoms with Crippen LogP contribution in [-0.4, -0.2) is 14.1 Å². The first-order valence-corrected chi connectivity index (χ1v) is 36.8. The van der Waals surface area contributed by atoms with Crippen molar-refractivity contribution in [1.82, 2.24) is 14.1 Å². The second-order valence-corrected chi connectivity index (χ2v) is 28.5. The second kappa shape index (κ2) is 23.9. The van der Waals surface area contributed by atoms with Crippen LogP contribution in [0.5, 0.6) is 0 Å². The highest BCUT2D eigenvalue weighted by Gasteiger charge is 2.25. The summed E-state index contributed by atoms with van der Waals surface area (Å²) in [5.74, 6) is 0. The van der Waals surface area contributed by atoms with Gasteiger partial charge in [-0.1, -0.05) is 255 Å². The molecule has 0 saturated heterocycles. The minimum absolute atomic E-state index is 0.685. The van der Waals surface area contributed by atoms with E-state index < -0.39 is 0 Å². The predicted octanol–water partition coefficient (Wildman–Crippen LogP) is 27.4. The summed E-state index contributed by atoms with van der Waals surface area (Å²) in [6, 6.07) is 132. The molecule has 0 radical (unpaired) electrons. The third-order valence-corrected chi connectivity index (χ3v) is 23.0. The van der Waals surface area contributed by atoms with Crippen molar-refractivity contribution in [2.24, 2.45) is 0 Å². The Balaban J connectivity index is 0.000000135. The van der Waals surface area contributed by atoms with E-state index in [0.29, 0.717) is 11.1 Å². The first kappa shape index (κ1) is 60.8. The largest absolute Gasteiger partial charge is 0.309 e. The van der Waals surface area contributed by atoms with Crippen molar-refractivity contribution in [3.8, 4) is 79.3 Å². The van der Waals surface area contributed by atoms with Crippen LogP contribution in [0.3, 0.4) is 0 Å². The molecule has 0 amide bonds. The van der Waals surface area contributed by atoms with Crippen molar-refractivity contribution in [3.63, 3.8) is 0 Å². The van der Waals surface area contributed by atoms with E-state index in [1.807, 2.05) is 30.5 Å². The Morgan fingerprint density at radius 1 is 0.213 bits per heavy atom. The molecule has 3 aromatic heterocycles. The topological polar surface area (TPSA) is 70.3 Å². The van der Waals surface area contributed by atoms with E-state index in [9.17, 15) is 10.5 Å². The van der Waals surface area contributed by atoms with Gasteiger partial charge >= 0.3 is 0 Å². The molecule has 0 N–H and O–H groups in total. The van der Waals surface area contributed by atoms with Gasteiger partial charge in [0.1, 0.15) is 0 Å². The SMILES string of the molecule is N#Cc1ccc2c3c1ccc1c(-c4ccc(-c5cc6c7ccccc7c(-c7cccc8ccccc78)cc6c6ccccc56)cn4)ccc(c13)n2-c1ccccc1.N#Cc1ccc2c3c1ccc1c(-c4ccc5cc(-c6cc7c8ccccc8ccc7c7ccccc67)ccc5c4)ccc(c13)n2-c1ccccc1. The maximum absolute atomic E-state index is 10.0. The molecule has 0 atom stereocenters. The molecule has 0 aliphatic heterocycles. The van der Waals surface area contributed by atoms with E-state index in [0.717, 1.165) is 88.1 Å². The number of para-hydroxylation sites is 2. The molecule has 0 spiro atoms. The van der Waals surface area contributed by atoms with Gasteiger partial charge in [0.25, 0.3) is 0 Å². The van der Waals surface area contributed by atoms with Crippen molar-refractivity contribution < 1.29 is 0 Å². The van der Waals surface area contributed by atoms with Gasteiger partial charge in [-0.05, 0) is 233 Å². The van der Waals surface area contributed by atoms with Crippen molar-refractivity contribution in [3.05, 3.63) is 369 Å². The summed E-state index contributed by atoms with van der Waals surface area (Å²) in [5, 5.41) is 48.9. The molecule has 0 aliphatic rings. The molecule has 20 aromatic carbocycles. The van der Waals surface area contributed by atoms with E-state index in [1.165, 1.54) is 130 Å². The quantitative estimate of drug-likeness (QED) is 0.149. The molecular weight excluding hydrogens is 1310 g/mol. The third-order valence-electron chi connectivity index (χ3n) is 23.0. The Bertz CT molecular complexity index is 7800. The van der Waals surface area contributed by atoms with Gasteiger partial charge in [0.05, 0.1) is 51.0 Å². The number of hydrogen-bond acceptors (Lipinski definition) is 3. The Morgan fingerprint density at radius 2 is 0.593 bits per heavy atom. The molecule has 0 saturated carbocycles. The standard InChI is InChI=1S/C54H31N3.C49H28N2/c55-31-34-22-27-51-53-38(34)23-24-45-44(25-28-52(54(45)53)57(51)36-13-2-1-3-14-36)50-26-21-35(32-56-50)46-29-48-43-19-9-8-18-42(43)47(30-49(48)41-17-7-6-16-40(41)46)39-20-10-12-33-11-4-5-15-37(33)39;50-29-35-19-24-46-48-39(35)21-22-43-38(23-25-47(49(43)48)51(46)36-9-2-1-3-10-36)33-16-14-32-27-34(17-15-31(32)26-33)44-28-45-37-11-5-4-8-30(37)18-20-42(45)40-12-6-7-13-41(40)44/h1-30,32H;1-28H. The summed E-state index contributed by atoms with van der Waals surface area (Å²) in [4.78, 5) is 5.18. The zero-order chi connectivity index (χ0) is 71.2. The minimum Gasteiger partial charge on any atom is -0.309 e. The second-order valence-electron chi connectivity index (χ2n) is 28.5. The lowest BCUT2D eigenvalue weighted by Gasteiger charge is -2.17. The highest BCUT2D eigenvalue weighted by Crippen LogP contribution is 2.49. The Morgan fingerprint density at radius 3 is 1.15 bits per heavy atom. The Hall–Kier alpha value is -14.8. The highest BCUT2D eigenvalue weighted by molar-refractivity contribution is 6.30. The van der Waals surface area contributed by atoms with Crippen molar-refractivity contribution >= 4 is 151 Å². The van der Waals surface area contributed by atoms with Crippen LogP contribution in [0.15, 0.2) is 358 Å². The van der Waals surface area contributed by atoms with Gasteiger partial charge in [-0.15, -0.1) is 0 Å². The van der Waals surface area contributed by atoms with Crippen LogP contribution >= 0.6 is 0 Å². The number of pyridine rings is 1. The van der Waals surface area contributed by atoms with Gasteiger partial charge in [-0.3, -0.25) is 4.98 Å². The van der Waals surface area contributed by atoms with E-state index in [2.05, 4.69) is 349 Å². The van der Waals surface area contributed by atoms with Crippen LogP contribution in [0.25, 0.3) is 218 Å². The fraction of sp³-hybridized carbons (Fsp3) is 0. The summed E-state index contributed by atoms with van der Waals surface area (Å²) >= 11 is 0. The molecule has 0 bridgehead atoms. The van der Waals surface area contributed by atoms with Gasteiger partial charge in [-0.2, -0.15) is 10.5 Å². The van der Waals surface area contributed by atoms with Crippen LogP contribution in [0.1, 0.15) is 11.1 Å². The lowest BCUT2D eigenvalue weighted by atomic mass is 9.87. The molecule has 0 unspecified atom stereocenters. The highest BCUT2D eigenvalue weighted by atomic mass is 15.0. The van der Waals surface area contributed by atoms with Gasteiger partial charge in [0.15, 0.2) is 0 Å². The zero-order valence-corrected chi connectivity index (χ0v) is 58.3. The van der Waals surface area contributed by atoms with E-state index in [1.54, 1.807) is 0 Å². The molecule has 23 rings (SSSR count). The number of fused-ring (bicyclic) bond motifs is 12. The molecular formula is C103H59N5. The van der Waals surface area contributed by atoms with Crippen LogP contribution in [-0.2, 0) is 0 Å². The average molecular weight is 1370 g/mol. The summed E-state index contributed by atoms with van der Waals surface area (Å²) in [5.41, 5.74) is 19.6. The summed E-state index contributed by atoms with van der Waals surface area (Å²) in [6.07, 6.45) is 2.03. The third kappa shape index (κ3) is 9.13. The molecule has 0 fully saturated rings. The monoisotopic (exact) mass is 1370 g/mol. The normalized spacial score (nSPS) is 11.9. The average Bonchev–Trinajstić information content (AvgIpc) is 1.47. The predicted molar refractivity (Wildman–Crippen MR) is 453 cm³/mol. The van der Waals surface area contributed by atoms with E-state index in [4.69, 9.17) is 4.98 Å². The molecule has 0 aliphatic carbocycles. The number of rotatable bonds is 7. The first-order valence-electron chi connectivity index (χ1n) is 36.8. The number of benzene rings is 20. The Kier molecular flexibility index (Phi) is 13.5. The molecule has 496 valence electrons. The van der Waals surface area contributed by atoms with Gasteiger partial charge in [-0.25, -0.2) is 0 Å². The smallest absolute Gasteiger partial charge is 0.0998 e. The summed E-state index contributed by atoms with van der Waals surface area (Å²) in [6.45, 7) is 0. The molecule has 5 nitrogen and oxygen atoms in total. The van der Waals surface area contributed by atoms with Crippen LogP contribution in [0.4, 0.5) is 0 Å². The van der Waals surface area contributed by atoms with Crippen molar-refractivity contribution in [1.29, 1.82) is 10.5 Å². The van der Waals surface area contributed by atoms with Crippen molar-refractivity contribution in [2.45, 2.75) is 0 Å². The van der Waals surface area contributed by atoms with E-state index in [-0.39, 0.29) is 0 Å². The molecule has 108 heavy (non-hydrogen) atoms. The molecule has 3 heterocycles. The number of nitrogens with zero attached hydrogens (tertiary/aromatic N) is 5. The zero-order valence-electron chi connectivity index (χ0n) is 58.3. The fourth-order valence-electron chi connectivity index (χ4n) is 18.2. The number of nitriles is 2.